The molecule has 2 aliphatic rings. The van der Waals surface area contributed by atoms with E-state index in [0.29, 0.717) is 5.92 Å². The third-order valence-electron chi connectivity index (χ3n) is 6.28. The lowest BCUT2D eigenvalue weighted by atomic mass is 9.64. The Kier molecular flexibility index (Phi) is 5.92. The second kappa shape index (κ2) is 8.14. The fourth-order valence-electron chi connectivity index (χ4n) is 4.95. The number of allylic oxidation sites excluding steroid dienone is 3. The summed E-state index contributed by atoms with van der Waals surface area (Å²) in [6.07, 6.45) is 16.0. The van der Waals surface area contributed by atoms with E-state index in [2.05, 4.69) is 31.7 Å². The van der Waals surface area contributed by atoms with E-state index in [1.807, 2.05) is 18.2 Å². The highest BCUT2D eigenvalue weighted by atomic mass is 19.1. The summed E-state index contributed by atoms with van der Waals surface area (Å²) in [4.78, 5) is 0. The first-order valence-corrected chi connectivity index (χ1v) is 9.73. The molecule has 2 aliphatic carbocycles. The van der Waals surface area contributed by atoms with Crippen molar-refractivity contribution < 1.29 is 4.39 Å². The highest BCUT2D eigenvalue weighted by molar-refractivity contribution is 5.28. The van der Waals surface area contributed by atoms with E-state index in [1.165, 1.54) is 44.1 Å². The molecule has 0 aromatic heterocycles. The second-order valence-electron chi connectivity index (χ2n) is 7.81. The van der Waals surface area contributed by atoms with Gasteiger partial charge in [-0.1, -0.05) is 30.4 Å². The molecular weight excluding hydrogens is 295 g/mol. The molecule has 1 aromatic rings. The van der Waals surface area contributed by atoms with Crippen LogP contribution in [-0.2, 0) is 6.42 Å². The van der Waals surface area contributed by atoms with Crippen molar-refractivity contribution in [3.63, 3.8) is 0 Å². The van der Waals surface area contributed by atoms with Gasteiger partial charge in [-0.15, -0.1) is 6.58 Å². The van der Waals surface area contributed by atoms with Gasteiger partial charge < -0.3 is 0 Å². The van der Waals surface area contributed by atoms with E-state index in [1.54, 1.807) is 0 Å². The molecule has 130 valence electrons. The average Bonchev–Trinajstić information content (AvgIpc) is 2.60. The topological polar surface area (TPSA) is 0 Å². The molecule has 24 heavy (non-hydrogen) atoms. The summed E-state index contributed by atoms with van der Waals surface area (Å²) in [5.41, 5.74) is 2.06. The summed E-state index contributed by atoms with van der Waals surface area (Å²) in [5, 5.41) is 0. The van der Waals surface area contributed by atoms with Crippen LogP contribution in [0.4, 0.5) is 4.39 Å². The van der Waals surface area contributed by atoms with Crippen LogP contribution in [-0.4, -0.2) is 0 Å². The molecule has 0 spiro atoms. The van der Waals surface area contributed by atoms with Gasteiger partial charge in [0.05, 0.1) is 0 Å². The van der Waals surface area contributed by atoms with Gasteiger partial charge in [-0.25, -0.2) is 4.39 Å². The van der Waals surface area contributed by atoms with Crippen LogP contribution in [0.25, 0.3) is 0 Å². The van der Waals surface area contributed by atoms with Gasteiger partial charge in [-0.3, -0.25) is 0 Å². The lowest BCUT2D eigenvalue weighted by Crippen LogP contribution is -2.30. The molecule has 3 rings (SSSR count). The summed E-state index contributed by atoms with van der Waals surface area (Å²) >= 11 is 0. The van der Waals surface area contributed by atoms with Gasteiger partial charge in [0.15, 0.2) is 0 Å². The first kappa shape index (κ1) is 17.5. The summed E-state index contributed by atoms with van der Waals surface area (Å²) < 4.78 is 14.4. The fraction of sp³-hybridized carbons (Fsp3) is 0.565. The van der Waals surface area contributed by atoms with Crippen LogP contribution in [0.15, 0.2) is 43.0 Å². The molecule has 0 nitrogen and oxygen atoms in total. The SMILES string of the molecule is C=CCCc1ccc(C2CCC3CC(C=CC)CCC3C2)cc1F. The number of hydrogen-bond acceptors (Lipinski definition) is 0. The van der Waals surface area contributed by atoms with Gasteiger partial charge in [0.25, 0.3) is 0 Å². The minimum absolute atomic E-state index is 0.0201. The van der Waals surface area contributed by atoms with E-state index in [9.17, 15) is 4.39 Å². The first-order valence-electron chi connectivity index (χ1n) is 9.73. The van der Waals surface area contributed by atoms with E-state index < -0.39 is 0 Å². The van der Waals surface area contributed by atoms with Gasteiger partial charge in [-0.2, -0.15) is 0 Å². The Morgan fingerprint density at radius 2 is 1.92 bits per heavy atom. The monoisotopic (exact) mass is 326 g/mol. The number of hydrogen-bond donors (Lipinski definition) is 0. The van der Waals surface area contributed by atoms with Crippen LogP contribution in [0.1, 0.15) is 68.9 Å². The molecule has 4 unspecified atom stereocenters. The van der Waals surface area contributed by atoms with Crippen molar-refractivity contribution in [2.24, 2.45) is 17.8 Å². The molecule has 4 atom stereocenters. The molecule has 0 bridgehead atoms. The smallest absolute Gasteiger partial charge is 0.126 e. The predicted octanol–water partition coefficient (Wildman–Crippen LogP) is 6.82. The molecule has 0 N–H and O–H groups in total. The number of rotatable bonds is 5. The Morgan fingerprint density at radius 3 is 2.67 bits per heavy atom. The van der Waals surface area contributed by atoms with Crippen LogP contribution in [0.5, 0.6) is 0 Å². The van der Waals surface area contributed by atoms with Crippen LogP contribution in [0, 0.1) is 23.6 Å². The molecule has 2 saturated carbocycles. The van der Waals surface area contributed by atoms with Gasteiger partial charge in [0.2, 0.25) is 0 Å². The minimum Gasteiger partial charge on any atom is -0.207 e. The molecule has 0 heterocycles. The number of benzene rings is 1. The third kappa shape index (κ3) is 3.99. The molecule has 0 aliphatic heterocycles. The zero-order valence-electron chi connectivity index (χ0n) is 15.0. The lowest BCUT2D eigenvalue weighted by Gasteiger charge is -2.41. The molecule has 1 heteroatoms. The quantitative estimate of drug-likeness (QED) is 0.521. The van der Waals surface area contributed by atoms with Crippen molar-refractivity contribution in [2.45, 2.75) is 64.2 Å². The largest absolute Gasteiger partial charge is 0.207 e. The Balaban J connectivity index is 1.63. The Morgan fingerprint density at radius 1 is 1.12 bits per heavy atom. The van der Waals surface area contributed by atoms with Gasteiger partial charge in [0, 0.05) is 0 Å². The highest BCUT2D eigenvalue weighted by Gasteiger charge is 2.35. The lowest BCUT2D eigenvalue weighted by molar-refractivity contribution is 0.133. The maximum atomic E-state index is 14.4. The van der Waals surface area contributed by atoms with E-state index >= 15 is 0 Å². The van der Waals surface area contributed by atoms with Crippen molar-refractivity contribution in [1.29, 1.82) is 0 Å². The van der Waals surface area contributed by atoms with Crippen LogP contribution < -0.4 is 0 Å². The van der Waals surface area contributed by atoms with Crippen LogP contribution in [0.3, 0.4) is 0 Å². The van der Waals surface area contributed by atoms with Crippen molar-refractivity contribution in [3.8, 4) is 0 Å². The molecule has 2 fully saturated rings. The Hall–Kier alpha value is -1.37. The van der Waals surface area contributed by atoms with Crippen molar-refractivity contribution in [2.75, 3.05) is 0 Å². The number of aryl methyl sites for hydroxylation is 1. The fourth-order valence-corrected chi connectivity index (χ4v) is 4.95. The number of fused-ring (bicyclic) bond motifs is 1. The van der Waals surface area contributed by atoms with E-state index in [-0.39, 0.29) is 5.82 Å². The Labute approximate surface area is 146 Å². The summed E-state index contributed by atoms with van der Waals surface area (Å²) in [7, 11) is 0. The maximum Gasteiger partial charge on any atom is 0.126 e. The van der Waals surface area contributed by atoms with Crippen LogP contribution >= 0.6 is 0 Å². The van der Waals surface area contributed by atoms with Crippen molar-refractivity contribution in [1.82, 2.24) is 0 Å². The van der Waals surface area contributed by atoms with E-state index in [4.69, 9.17) is 0 Å². The molecule has 0 radical (unpaired) electrons. The average molecular weight is 326 g/mol. The molecule has 0 amide bonds. The van der Waals surface area contributed by atoms with Gasteiger partial charge in [-0.05, 0) is 99.2 Å². The summed E-state index contributed by atoms with van der Waals surface area (Å²) in [6, 6.07) is 6.00. The van der Waals surface area contributed by atoms with Crippen LogP contribution in [0.2, 0.25) is 0 Å². The number of halogens is 1. The highest BCUT2D eigenvalue weighted by Crippen LogP contribution is 2.47. The molecule has 0 saturated heterocycles. The van der Waals surface area contributed by atoms with E-state index in [0.717, 1.165) is 36.2 Å². The zero-order valence-corrected chi connectivity index (χ0v) is 15.0. The van der Waals surface area contributed by atoms with Gasteiger partial charge in [0.1, 0.15) is 5.82 Å². The third-order valence-corrected chi connectivity index (χ3v) is 6.28. The predicted molar refractivity (Wildman–Crippen MR) is 101 cm³/mol. The summed E-state index contributed by atoms with van der Waals surface area (Å²) in [6.45, 7) is 5.86. The molecule has 1 aromatic carbocycles. The standard InChI is InChI=1S/C23H31F/c1-3-5-7-18-10-11-22(16-23(18)24)21-13-12-19-14-17(6-4-2)8-9-20(19)15-21/h3-4,6,10-11,16-17,19-21H,1,5,7-9,12-15H2,2H3. The summed E-state index contributed by atoms with van der Waals surface area (Å²) in [5.74, 6) is 3.09. The Bertz CT molecular complexity index is 586. The van der Waals surface area contributed by atoms with Crippen molar-refractivity contribution in [3.05, 3.63) is 60.0 Å². The first-order chi connectivity index (χ1) is 11.7. The molecular formula is C23H31F. The van der Waals surface area contributed by atoms with Gasteiger partial charge >= 0.3 is 0 Å². The zero-order chi connectivity index (χ0) is 16.9. The van der Waals surface area contributed by atoms with Crippen molar-refractivity contribution >= 4 is 0 Å². The minimum atomic E-state index is -0.0201. The second-order valence-corrected chi connectivity index (χ2v) is 7.81. The maximum absolute atomic E-state index is 14.4. The normalized spacial score (nSPS) is 30.2.